The van der Waals surface area contributed by atoms with Crippen molar-refractivity contribution < 1.29 is 13.9 Å². The van der Waals surface area contributed by atoms with Crippen molar-refractivity contribution in [1.82, 2.24) is 0 Å². The lowest BCUT2D eigenvalue weighted by Gasteiger charge is -2.07. The van der Waals surface area contributed by atoms with Crippen LogP contribution in [0.4, 0.5) is 4.39 Å². The van der Waals surface area contributed by atoms with Gasteiger partial charge < -0.3 is 4.74 Å². The first-order valence-corrected chi connectivity index (χ1v) is 7.35. The Balaban J connectivity index is 2.26. The van der Waals surface area contributed by atoms with Crippen LogP contribution in [0.2, 0.25) is 0 Å². The van der Waals surface area contributed by atoms with Gasteiger partial charge in [0.05, 0.1) is 12.7 Å². The molecule has 1 heterocycles. The summed E-state index contributed by atoms with van der Waals surface area (Å²) >= 11 is 1.54. The minimum absolute atomic E-state index is 0.252. The second kappa shape index (κ2) is 5.30. The summed E-state index contributed by atoms with van der Waals surface area (Å²) in [5.41, 5.74) is 2.75. The minimum Gasteiger partial charge on any atom is -0.465 e. The smallest absolute Gasteiger partial charge is 0.337 e. The van der Waals surface area contributed by atoms with E-state index in [9.17, 15) is 9.18 Å². The fourth-order valence-electron chi connectivity index (χ4n) is 2.44. The van der Waals surface area contributed by atoms with Crippen LogP contribution >= 0.6 is 11.3 Å². The highest BCUT2D eigenvalue weighted by Crippen LogP contribution is 2.37. The number of hydrogen-bond donors (Lipinski definition) is 0. The molecule has 3 rings (SSSR count). The largest absolute Gasteiger partial charge is 0.465 e. The number of halogens is 1. The maximum Gasteiger partial charge on any atom is 0.337 e. The molecule has 0 unspecified atom stereocenters. The molecule has 0 saturated carbocycles. The Morgan fingerprint density at radius 3 is 2.76 bits per heavy atom. The van der Waals surface area contributed by atoms with E-state index in [-0.39, 0.29) is 11.8 Å². The number of thiophene rings is 1. The normalized spacial score (nSPS) is 10.8. The fourth-order valence-corrected chi connectivity index (χ4v) is 3.37. The molecule has 3 aromatic rings. The van der Waals surface area contributed by atoms with Crippen molar-refractivity contribution >= 4 is 27.4 Å². The molecular formula is C17H13FO2S. The molecule has 0 amide bonds. The molecular weight excluding hydrogens is 287 g/mol. The monoisotopic (exact) mass is 300 g/mol. The zero-order valence-corrected chi connectivity index (χ0v) is 12.5. The second-order valence-corrected chi connectivity index (χ2v) is 5.69. The van der Waals surface area contributed by atoms with Crippen molar-refractivity contribution in [3.05, 3.63) is 58.7 Å². The van der Waals surface area contributed by atoms with Gasteiger partial charge in [0.2, 0.25) is 0 Å². The van der Waals surface area contributed by atoms with E-state index in [1.54, 1.807) is 18.2 Å². The zero-order chi connectivity index (χ0) is 15.0. The molecule has 0 atom stereocenters. The number of aryl methyl sites for hydroxylation is 1. The van der Waals surface area contributed by atoms with Crippen molar-refractivity contribution in [2.45, 2.75) is 6.92 Å². The highest BCUT2D eigenvalue weighted by molar-refractivity contribution is 7.17. The van der Waals surface area contributed by atoms with Crippen molar-refractivity contribution in [1.29, 1.82) is 0 Å². The maximum atomic E-state index is 14.2. The molecule has 21 heavy (non-hydrogen) atoms. The fraction of sp³-hybridized carbons (Fsp3) is 0.118. The van der Waals surface area contributed by atoms with Gasteiger partial charge in [0, 0.05) is 21.2 Å². The molecule has 4 heteroatoms. The lowest BCUT2D eigenvalue weighted by molar-refractivity contribution is 0.0601. The van der Waals surface area contributed by atoms with Crippen molar-refractivity contribution in [2.75, 3.05) is 7.11 Å². The molecule has 0 aliphatic heterocycles. The quantitative estimate of drug-likeness (QED) is 0.635. The van der Waals surface area contributed by atoms with Crippen LogP contribution in [-0.2, 0) is 4.74 Å². The van der Waals surface area contributed by atoms with Crippen LogP contribution < -0.4 is 0 Å². The first-order chi connectivity index (χ1) is 10.1. The van der Waals surface area contributed by atoms with Crippen molar-refractivity contribution in [3.63, 3.8) is 0 Å². The lowest BCUT2D eigenvalue weighted by Crippen LogP contribution is -2.00. The summed E-state index contributed by atoms with van der Waals surface area (Å²) in [6.45, 7) is 1.88. The van der Waals surface area contributed by atoms with Crippen LogP contribution in [0.3, 0.4) is 0 Å². The average molecular weight is 300 g/mol. The number of fused-ring (bicyclic) bond motifs is 1. The van der Waals surface area contributed by atoms with Gasteiger partial charge in [0.15, 0.2) is 0 Å². The van der Waals surface area contributed by atoms with E-state index >= 15 is 0 Å². The van der Waals surface area contributed by atoms with Gasteiger partial charge in [-0.1, -0.05) is 12.1 Å². The summed E-state index contributed by atoms with van der Waals surface area (Å²) < 4.78 is 19.9. The molecule has 0 spiro atoms. The van der Waals surface area contributed by atoms with E-state index in [4.69, 9.17) is 4.74 Å². The number of hydrogen-bond acceptors (Lipinski definition) is 3. The van der Waals surface area contributed by atoms with E-state index in [1.165, 1.54) is 24.5 Å². The molecule has 1 aromatic heterocycles. The summed E-state index contributed by atoms with van der Waals surface area (Å²) in [7, 11) is 1.35. The number of methoxy groups -OCH3 is 1. The van der Waals surface area contributed by atoms with E-state index in [1.807, 2.05) is 24.4 Å². The van der Waals surface area contributed by atoms with E-state index in [0.717, 1.165) is 21.2 Å². The molecule has 0 saturated heterocycles. The van der Waals surface area contributed by atoms with Gasteiger partial charge >= 0.3 is 5.97 Å². The standard InChI is InChI=1S/C17H13FO2S/c1-10-4-3-5-14(18)16(10)13-9-21-15-7-6-11(8-12(13)15)17(19)20-2/h3-9H,1-2H3. The van der Waals surface area contributed by atoms with Crippen LogP contribution in [-0.4, -0.2) is 13.1 Å². The van der Waals surface area contributed by atoms with Crippen LogP contribution in [0.15, 0.2) is 41.8 Å². The lowest BCUT2D eigenvalue weighted by atomic mass is 9.98. The Morgan fingerprint density at radius 2 is 2.05 bits per heavy atom. The van der Waals surface area contributed by atoms with Gasteiger partial charge in [-0.05, 0) is 42.1 Å². The van der Waals surface area contributed by atoms with Crippen LogP contribution in [0, 0.1) is 12.7 Å². The number of ether oxygens (including phenoxy) is 1. The predicted molar refractivity (Wildman–Crippen MR) is 83.3 cm³/mol. The van der Waals surface area contributed by atoms with Gasteiger partial charge in [0.1, 0.15) is 5.82 Å². The SMILES string of the molecule is COC(=O)c1ccc2scc(-c3c(C)cccc3F)c2c1. The van der Waals surface area contributed by atoms with Gasteiger partial charge in [-0.25, -0.2) is 9.18 Å². The summed E-state index contributed by atoms with van der Waals surface area (Å²) in [5, 5.41) is 2.80. The maximum absolute atomic E-state index is 14.2. The highest BCUT2D eigenvalue weighted by Gasteiger charge is 2.15. The molecule has 0 bridgehead atoms. The van der Waals surface area contributed by atoms with Gasteiger partial charge in [-0.2, -0.15) is 0 Å². The average Bonchev–Trinajstić information content (AvgIpc) is 2.89. The van der Waals surface area contributed by atoms with E-state index in [0.29, 0.717) is 11.1 Å². The number of rotatable bonds is 2. The predicted octanol–water partition coefficient (Wildman–Crippen LogP) is 4.80. The Labute approximate surface area is 125 Å². The molecule has 0 fully saturated rings. The molecule has 0 N–H and O–H groups in total. The molecule has 0 radical (unpaired) electrons. The van der Waals surface area contributed by atoms with Gasteiger partial charge in [0.25, 0.3) is 0 Å². The van der Waals surface area contributed by atoms with Crippen molar-refractivity contribution in [3.8, 4) is 11.1 Å². The van der Waals surface area contributed by atoms with Gasteiger partial charge in [-0.3, -0.25) is 0 Å². The Morgan fingerprint density at radius 1 is 1.24 bits per heavy atom. The van der Waals surface area contributed by atoms with Crippen LogP contribution in [0.1, 0.15) is 15.9 Å². The highest BCUT2D eigenvalue weighted by atomic mass is 32.1. The topological polar surface area (TPSA) is 26.3 Å². The number of carbonyl (C=O) groups is 1. The summed E-state index contributed by atoms with van der Waals surface area (Å²) in [6.07, 6.45) is 0. The van der Waals surface area contributed by atoms with Crippen LogP contribution in [0.25, 0.3) is 21.2 Å². The Bertz CT molecular complexity index is 816. The summed E-state index contributed by atoms with van der Waals surface area (Å²) in [5.74, 6) is -0.641. The summed E-state index contributed by atoms with van der Waals surface area (Å²) in [4.78, 5) is 11.7. The van der Waals surface area contributed by atoms with Crippen molar-refractivity contribution in [2.24, 2.45) is 0 Å². The first-order valence-electron chi connectivity index (χ1n) is 6.47. The first kappa shape index (κ1) is 13.8. The zero-order valence-electron chi connectivity index (χ0n) is 11.6. The third kappa shape index (κ3) is 2.32. The molecule has 0 aliphatic carbocycles. The number of benzene rings is 2. The molecule has 0 aliphatic rings. The molecule has 2 aromatic carbocycles. The van der Waals surface area contributed by atoms with E-state index < -0.39 is 0 Å². The second-order valence-electron chi connectivity index (χ2n) is 4.78. The molecule has 2 nitrogen and oxygen atoms in total. The Kier molecular flexibility index (Phi) is 3.47. The third-order valence-corrected chi connectivity index (χ3v) is 4.45. The third-order valence-electron chi connectivity index (χ3n) is 3.49. The Hall–Kier alpha value is -2.20. The van der Waals surface area contributed by atoms with Gasteiger partial charge in [-0.15, -0.1) is 11.3 Å². The summed E-state index contributed by atoms with van der Waals surface area (Å²) in [6, 6.07) is 10.4. The van der Waals surface area contributed by atoms with E-state index in [2.05, 4.69) is 0 Å². The van der Waals surface area contributed by atoms with Crippen LogP contribution in [0.5, 0.6) is 0 Å². The molecule has 106 valence electrons. The number of esters is 1. The number of carbonyl (C=O) groups excluding carboxylic acids is 1. The minimum atomic E-state index is -0.390.